The van der Waals surface area contributed by atoms with E-state index in [4.69, 9.17) is 29.2 Å². The standard InChI is InChI=1S/C20H28FN3OS3/c1-14(16-7-8-17(21)18(11-16)25-13-15-5-6-15)23-28-10-4-2-3-9-24-12-19(26)22-20(24)27/h7-8,11,14-15,23H,2-6,9-10,12-13H2,1H3,(H,22,26,27). The van der Waals surface area contributed by atoms with Crippen LogP contribution in [0.25, 0.3) is 0 Å². The first kappa shape index (κ1) is 21.7. The molecule has 2 aliphatic rings. The Labute approximate surface area is 182 Å². The fourth-order valence-corrected chi connectivity index (χ4v) is 4.41. The van der Waals surface area contributed by atoms with Crippen LogP contribution < -0.4 is 14.8 Å². The quantitative estimate of drug-likeness (QED) is 0.279. The molecule has 1 atom stereocenters. The Balaban J connectivity index is 1.29. The second-order valence-corrected chi connectivity index (χ2v) is 9.28. The SMILES string of the molecule is CC(NSCCCCCN1CC(=S)NC1=S)c1ccc(F)c(OCC2CC2)c1. The largest absolute Gasteiger partial charge is 0.490 e. The third-order valence-electron chi connectivity index (χ3n) is 4.93. The Morgan fingerprint density at radius 3 is 2.86 bits per heavy atom. The van der Waals surface area contributed by atoms with E-state index in [2.05, 4.69) is 21.9 Å². The Morgan fingerprint density at radius 2 is 2.14 bits per heavy atom. The number of hydrogen-bond donors (Lipinski definition) is 2. The van der Waals surface area contributed by atoms with Gasteiger partial charge in [-0.15, -0.1) is 0 Å². The topological polar surface area (TPSA) is 36.5 Å². The first-order chi connectivity index (χ1) is 13.5. The maximum atomic E-state index is 13.9. The van der Waals surface area contributed by atoms with Crippen molar-refractivity contribution in [3.05, 3.63) is 29.6 Å². The van der Waals surface area contributed by atoms with Crippen LogP contribution in [0.3, 0.4) is 0 Å². The number of ether oxygens (including phenoxy) is 1. The molecule has 28 heavy (non-hydrogen) atoms. The summed E-state index contributed by atoms with van der Waals surface area (Å²) >= 11 is 12.1. The van der Waals surface area contributed by atoms with Gasteiger partial charge >= 0.3 is 0 Å². The van der Waals surface area contributed by atoms with Gasteiger partial charge in [0.15, 0.2) is 16.7 Å². The molecule has 0 radical (unpaired) electrons. The number of nitrogens with zero attached hydrogens (tertiary/aromatic N) is 1. The van der Waals surface area contributed by atoms with Gasteiger partial charge in [-0.25, -0.2) is 4.39 Å². The van der Waals surface area contributed by atoms with E-state index in [0.717, 1.165) is 53.8 Å². The Kier molecular flexibility index (Phi) is 8.32. The molecule has 3 rings (SSSR count). The van der Waals surface area contributed by atoms with Gasteiger partial charge in [0.1, 0.15) is 4.99 Å². The molecule has 1 unspecified atom stereocenters. The first-order valence-electron chi connectivity index (χ1n) is 9.91. The average molecular weight is 442 g/mol. The predicted octanol–water partition coefficient (Wildman–Crippen LogP) is 4.60. The summed E-state index contributed by atoms with van der Waals surface area (Å²) in [5, 5.41) is 3.78. The van der Waals surface area contributed by atoms with Crippen molar-refractivity contribution in [2.24, 2.45) is 5.92 Å². The summed E-state index contributed by atoms with van der Waals surface area (Å²) in [6.07, 6.45) is 5.81. The lowest BCUT2D eigenvalue weighted by molar-refractivity contribution is 0.285. The van der Waals surface area contributed by atoms with Crippen molar-refractivity contribution in [2.45, 2.75) is 45.1 Å². The van der Waals surface area contributed by atoms with E-state index in [1.807, 2.05) is 12.1 Å². The second kappa shape index (κ2) is 10.7. The third-order valence-corrected chi connectivity index (χ3v) is 6.53. The van der Waals surface area contributed by atoms with E-state index in [9.17, 15) is 4.39 Å². The maximum absolute atomic E-state index is 13.9. The predicted molar refractivity (Wildman–Crippen MR) is 122 cm³/mol. The maximum Gasteiger partial charge on any atom is 0.174 e. The summed E-state index contributed by atoms with van der Waals surface area (Å²) in [4.78, 5) is 2.95. The van der Waals surface area contributed by atoms with Crippen molar-refractivity contribution < 1.29 is 9.13 Å². The Morgan fingerprint density at radius 1 is 1.32 bits per heavy atom. The van der Waals surface area contributed by atoms with Crippen LogP contribution in [0.2, 0.25) is 0 Å². The van der Waals surface area contributed by atoms with Crippen molar-refractivity contribution in [2.75, 3.05) is 25.4 Å². The number of thiocarbonyl (C=S) groups is 2. The van der Waals surface area contributed by atoms with Crippen LogP contribution >= 0.6 is 36.4 Å². The minimum Gasteiger partial charge on any atom is -0.490 e. The van der Waals surface area contributed by atoms with Crippen LogP contribution in [0.15, 0.2) is 18.2 Å². The van der Waals surface area contributed by atoms with E-state index >= 15 is 0 Å². The van der Waals surface area contributed by atoms with Crippen LogP contribution in [0, 0.1) is 11.7 Å². The van der Waals surface area contributed by atoms with Gasteiger partial charge < -0.3 is 15.0 Å². The zero-order chi connectivity index (χ0) is 19.9. The molecular formula is C20H28FN3OS3. The highest BCUT2D eigenvalue weighted by molar-refractivity contribution is 7.97. The van der Waals surface area contributed by atoms with Gasteiger partial charge in [-0.2, -0.15) is 0 Å². The lowest BCUT2D eigenvalue weighted by atomic mass is 10.1. The molecule has 4 nitrogen and oxygen atoms in total. The van der Waals surface area contributed by atoms with Gasteiger partial charge in [0.05, 0.1) is 13.2 Å². The van der Waals surface area contributed by atoms with Gasteiger partial charge in [-0.05, 0) is 68.4 Å². The second-order valence-electron chi connectivity index (χ2n) is 7.47. The molecule has 1 saturated heterocycles. The highest BCUT2D eigenvalue weighted by atomic mass is 32.2. The summed E-state index contributed by atoms with van der Waals surface area (Å²) in [5.41, 5.74) is 1.05. The van der Waals surface area contributed by atoms with Crippen LogP contribution in [-0.2, 0) is 0 Å². The fraction of sp³-hybridized carbons (Fsp3) is 0.600. The Bertz CT molecular complexity index is 699. The number of hydrogen-bond acceptors (Lipinski definition) is 5. The normalized spacial score (nSPS) is 17.7. The van der Waals surface area contributed by atoms with Gasteiger partial charge in [0, 0.05) is 18.3 Å². The smallest absolute Gasteiger partial charge is 0.174 e. The van der Waals surface area contributed by atoms with Gasteiger partial charge in [-0.3, -0.25) is 4.72 Å². The molecule has 0 aromatic heterocycles. The molecule has 0 bridgehead atoms. The van der Waals surface area contributed by atoms with Crippen LogP contribution in [0.5, 0.6) is 5.75 Å². The third kappa shape index (κ3) is 6.83. The molecule has 0 spiro atoms. The minimum absolute atomic E-state index is 0.142. The number of rotatable bonds is 12. The molecule has 1 heterocycles. The van der Waals surface area contributed by atoms with E-state index in [1.54, 1.807) is 11.9 Å². The summed E-state index contributed by atoms with van der Waals surface area (Å²) in [6.45, 7) is 4.43. The monoisotopic (exact) mass is 441 g/mol. The molecule has 1 aromatic carbocycles. The average Bonchev–Trinajstić information content (AvgIpc) is 3.44. The van der Waals surface area contributed by atoms with E-state index in [0.29, 0.717) is 18.3 Å². The molecule has 2 N–H and O–H groups in total. The number of halogens is 1. The first-order valence-corrected chi connectivity index (χ1v) is 11.7. The molecule has 154 valence electrons. The van der Waals surface area contributed by atoms with Crippen molar-refractivity contribution in [1.82, 2.24) is 14.9 Å². The van der Waals surface area contributed by atoms with Crippen LogP contribution in [0.4, 0.5) is 4.39 Å². The van der Waals surface area contributed by atoms with Gasteiger partial charge in [-0.1, -0.05) is 36.7 Å². The molecule has 8 heteroatoms. The summed E-state index contributed by atoms with van der Waals surface area (Å²) in [5.74, 6) is 1.75. The molecule has 1 aromatic rings. The zero-order valence-electron chi connectivity index (χ0n) is 16.2. The lowest BCUT2D eigenvalue weighted by Crippen LogP contribution is -2.28. The molecular weight excluding hydrogens is 413 g/mol. The van der Waals surface area contributed by atoms with Crippen molar-refractivity contribution in [3.8, 4) is 5.75 Å². The minimum atomic E-state index is -0.280. The number of nitrogens with one attached hydrogen (secondary N) is 2. The highest BCUT2D eigenvalue weighted by Gasteiger charge is 2.23. The Hall–Kier alpha value is -0.960. The molecule has 1 aliphatic carbocycles. The van der Waals surface area contributed by atoms with E-state index in [-0.39, 0.29) is 11.9 Å². The molecule has 0 amide bonds. The molecule has 1 aliphatic heterocycles. The number of unbranched alkanes of at least 4 members (excludes halogenated alkanes) is 2. The van der Waals surface area contributed by atoms with Crippen LogP contribution in [0.1, 0.15) is 50.6 Å². The van der Waals surface area contributed by atoms with E-state index < -0.39 is 0 Å². The number of benzene rings is 1. The van der Waals surface area contributed by atoms with E-state index in [1.165, 1.54) is 18.9 Å². The summed E-state index contributed by atoms with van der Waals surface area (Å²) in [7, 11) is 0. The van der Waals surface area contributed by atoms with Crippen molar-refractivity contribution in [3.63, 3.8) is 0 Å². The lowest BCUT2D eigenvalue weighted by Gasteiger charge is -2.16. The molecule has 2 fully saturated rings. The van der Waals surface area contributed by atoms with Crippen molar-refractivity contribution >= 4 is 46.5 Å². The van der Waals surface area contributed by atoms with Crippen molar-refractivity contribution in [1.29, 1.82) is 0 Å². The van der Waals surface area contributed by atoms with Gasteiger partial charge in [0.2, 0.25) is 0 Å². The highest BCUT2D eigenvalue weighted by Crippen LogP contribution is 2.31. The van der Waals surface area contributed by atoms with Gasteiger partial charge in [0.25, 0.3) is 0 Å². The zero-order valence-corrected chi connectivity index (χ0v) is 18.7. The summed E-state index contributed by atoms with van der Waals surface area (Å²) < 4.78 is 23.0. The molecule has 1 saturated carbocycles. The van der Waals surface area contributed by atoms with Crippen LogP contribution in [-0.4, -0.2) is 40.5 Å². The summed E-state index contributed by atoms with van der Waals surface area (Å²) in [6, 6.07) is 5.30. The fourth-order valence-electron chi connectivity index (χ4n) is 2.96.